The Labute approximate surface area is 201 Å². The first-order chi connectivity index (χ1) is 16.4. The zero-order chi connectivity index (χ0) is 24.1. The van der Waals surface area contributed by atoms with Crippen molar-refractivity contribution < 1.29 is 28.3 Å². The number of hydrogen-bond acceptors (Lipinski definition) is 6. The number of carbonyl (C=O) groups is 3. The van der Waals surface area contributed by atoms with E-state index in [-0.39, 0.29) is 25.4 Å². The molecule has 1 atom stereocenters. The summed E-state index contributed by atoms with van der Waals surface area (Å²) in [6.45, 7) is 1.52. The van der Waals surface area contributed by atoms with Crippen LogP contribution >= 0.6 is 11.6 Å². The molecular formula is C25H23ClN2O6. The predicted molar refractivity (Wildman–Crippen MR) is 125 cm³/mol. The Hall–Kier alpha value is -3.78. The molecule has 0 spiro atoms. The van der Waals surface area contributed by atoms with Crippen LogP contribution in [0.2, 0.25) is 5.02 Å². The van der Waals surface area contributed by atoms with Crippen LogP contribution in [0.5, 0.6) is 5.75 Å². The molecule has 0 radical (unpaired) electrons. The molecule has 2 amide bonds. The number of para-hydroxylation sites is 2. The molecular weight excluding hydrogens is 460 g/mol. The molecule has 4 rings (SSSR count). The van der Waals surface area contributed by atoms with Gasteiger partial charge in [0.05, 0.1) is 18.7 Å². The number of furan rings is 1. The number of benzene rings is 2. The van der Waals surface area contributed by atoms with Gasteiger partial charge in [0.2, 0.25) is 0 Å². The van der Waals surface area contributed by atoms with E-state index >= 15 is 0 Å². The molecule has 2 heterocycles. The van der Waals surface area contributed by atoms with Gasteiger partial charge >= 0.3 is 5.97 Å². The Morgan fingerprint density at radius 1 is 1.09 bits per heavy atom. The van der Waals surface area contributed by atoms with Gasteiger partial charge in [0.1, 0.15) is 17.3 Å². The minimum absolute atomic E-state index is 0.0529. The number of nitrogens with one attached hydrogen (secondary N) is 1. The van der Waals surface area contributed by atoms with E-state index in [9.17, 15) is 14.4 Å². The summed E-state index contributed by atoms with van der Waals surface area (Å²) in [5.74, 6) is 0.520. The van der Waals surface area contributed by atoms with Crippen molar-refractivity contribution in [1.82, 2.24) is 5.32 Å². The van der Waals surface area contributed by atoms with Crippen molar-refractivity contribution in [3.63, 3.8) is 0 Å². The molecule has 3 aromatic rings. The Kier molecular flexibility index (Phi) is 7.18. The molecule has 34 heavy (non-hydrogen) atoms. The number of halogens is 1. The first-order valence-corrected chi connectivity index (χ1v) is 11.1. The van der Waals surface area contributed by atoms with Crippen LogP contribution in [0.4, 0.5) is 5.69 Å². The van der Waals surface area contributed by atoms with Crippen LogP contribution in [0.15, 0.2) is 65.1 Å². The van der Waals surface area contributed by atoms with Crippen LogP contribution in [0.25, 0.3) is 11.3 Å². The second-order valence-corrected chi connectivity index (χ2v) is 8.11. The van der Waals surface area contributed by atoms with Gasteiger partial charge in [-0.05, 0) is 55.5 Å². The van der Waals surface area contributed by atoms with Crippen LogP contribution < -0.4 is 15.0 Å². The van der Waals surface area contributed by atoms with E-state index in [0.717, 1.165) is 5.56 Å². The molecule has 0 saturated carbocycles. The first kappa shape index (κ1) is 23.4. The van der Waals surface area contributed by atoms with Gasteiger partial charge in [-0.3, -0.25) is 14.4 Å². The number of esters is 1. The highest BCUT2D eigenvalue weighted by atomic mass is 35.5. The van der Waals surface area contributed by atoms with Gasteiger partial charge in [-0.2, -0.15) is 0 Å². The Morgan fingerprint density at radius 2 is 1.85 bits per heavy atom. The van der Waals surface area contributed by atoms with Crippen LogP contribution in [0.1, 0.15) is 19.1 Å². The molecule has 1 N–H and O–H groups in total. The Balaban J connectivity index is 1.21. The summed E-state index contributed by atoms with van der Waals surface area (Å²) in [5.41, 5.74) is 1.47. The highest BCUT2D eigenvalue weighted by molar-refractivity contribution is 6.30. The van der Waals surface area contributed by atoms with E-state index in [0.29, 0.717) is 28.0 Å². The van der Waals surface area contributed by atoms with Crippen LogP contribution in [-0.4, -0.2) is 37.0 Å². The molecule has 0 fully saturated rings. The first-order valence-electron chi connectivity index (χ1n) is 10.7. The number of amides is 2. The third-order valence-electron chi connectivity index (χ3n) is 5.23. The lowest BCUT2D eigenvalue weighted by Gasteiger charge is -2.32. The van der Waals surface area contributed by atoms with Gasteiger partial charge in [-0.1, -0.05) is 23.7 Å². The van der Waals surface area contributed by atoms with E-state index in [4.69, 9.17) is 25.5 Å². The second-order valence-electron chi connectivity index (χ2n) is 7.68. The molecule has 2 aromatic carbocycles. The van der Waals surface area contributed by atoms with Gasteiger partial charge in [-0.25, -0.2) is 0 Å². The predicted octanol–water partition coefficient (Wildman–Crippen LogP) is 3.96. The lowest BCUT2D eigenvalue weighted by atomic mass is 10.2. The lowest BCUT2D eigenvalue weighted by molar-refractivity contribution is -0.148. The minimum atomic E-state index is -0.640. The largest absolute Gasteiger partial charge is 0.479 e. The number of ether oxygens (including phenoxy) is 2. The highest BCUT2D eigenvalue weighted by Crippen LogP contribution is 2.33. The summed E-state index contributed by atoms with van der Waals surface area (Å²) in [7, 11) is 0. The molecule has 1 unspecified atom stereocenters. The molecule has 1 aliphatic heterocycles. The standard InChI is InChI=1S/C25H23ClN2O6/c1-16-25(31)28(20-4-2-3-5-22(20)33-16)13-12-24(30)32-15-23(29)27-14-19-10-11-21(34-19)17-6-8-18(26)9-7-17/h2-11,16H,12-15H2,1H3,(H,27,29). The summed E-state index contributed by atoms with van der Waals surface area (Å²) in [6, 6.07) is 17.9. The highest BCUT2D eigenvalue weighted by Gasteiger charge is 2.31. The zero-order valence-electron chi connectivity index (χ0n) is 18.5. The number of nitrogens with zero attached hydrogens (tertiary/aromatic N) is 1. The summed E-state index contributed by atoms with van der Waals surface area (Å²) < 4.78 is 16.4. The third-order valence-corrected chi connectivity index (χ3v) is 5.48. The summed E-state index contributed by atoms with van der Waals surface area (Å²) in [4.78, 5) is 38.2. The van der Waals surface area contributed by atoms with Crippen LogP contribution in [0, 0.1) is 0 Å². The fourth-order valence-electron chi connectivity index (χ4n) is 3.49. The molecule has 176 valence electrons. The number of anilines is 1. The van der Waals surface area contributed by atoms with Crippen molar-refractivity contribution in [3.8, 4) is 17.1 Å². The van der Waals surface area contributed by atoms with Crippen molar-refractivity contribution >= 4 is 35.1 Å². The van der Waals surface area contributed by atoms with Crippen LogP contribution in [0.3, 0.4) is 0 Å². The minimum Gasteiger partial charge on any atom is -0.479 e. The number of hydrogen-bond donors (Lipinski definition) is 1. The number of carbonyl (C=O) groups excluding carboxylic acids is 3. The van der Waals surface area contributed by atoms with E-state index in [2.05, 4.69) is 5.32 Å². The van der Waals surface area contributed by atoms with Crippen molar-refractivity contribution in [1.29, 1.82) is 0 Å². The molecule has 1 aromatic heterocycles. The molecule has 8 nitrogen and oxygen atoms in total. The second kappa shape index (κ2) is 10.4. The van der Waals surface area contributed by atoms with Crippen molar-refractivity contribution in [2.75, 3.05) is 18.1 Å². The average Bonchev–Trinajstić information content (AvgIpc) is 3.31. The summed E-state index contributed by atoms with van der Waals surface area (Å²) in [6.07, 6.45) is -0.693. The molecule has 1 aliphatic rings. The zero-order valence-corrected chi connectivity index (χ0v) is 19.2. The Bertz CT molecular complexity index is 1190. The molecule has 9 heteroatoms. The lowest BCUT2D eigenvalue weighted by Crippen LogP contribution is -2.45. The fourth-order valence-corrected chi connectivity index (χ4v) is 3.62. The van der Waals surface area contributed by atoms with E-state index in [1.807, 2.05) is 18.2 Å². The van der Waals surface area contributed by atoms with Crippen molar-refractivity contribution in [3.05, 3.63) is 71.4 Å². The smallest absolute Gasteiger partial charge is 0.308 e. The number of fused-ring (bicyclic) bond motifs is 1. The van der Waals surface area contributed by atoms with Crippen molar-refractivity contribution in [2.24, 2.45) is 0 Å². The molecule has 0 aliphatic carbocycles. The number of rotatable bonds is 8. The monoisotopic (exact) mass is 482 g/mol. The normalized spacial score (nSPS) is 14.8. The van der Waals surface area contributed by atoms with Gasteiger partial charge < -0.3 is 24.1 Å². The fraction of sp³-hybridized carbons (Fsp3) is 0.240. The molecule has 0 saturated heterocycles. The maximum Gasteiger partial charge on any atom is 0.308 e. The van der Waals surface area contributed by atoms with Crippen LogP contribution in [-0.2, 0) is 25.7 Å². The van der Waals surface area contributed by atoms with E-state index < -0.39 is 24.6 Å². The quantitative estimate of drug-likeness (QED) is 0.488. The van der Waals surface area contributed by atoms with E-state index in [1.165, 1.54) is 4.90 Å². The van der Waals surface area contributed by atoms with Gasteiger partial charge in [0, 0.05) is 17.1 Å². The maximum atomic E-state index is 12.5. The van der Waals surface area contributed by atoms with Gasteiger partial charge in [0.25, 0.3) is 11.8 Å². The van der Waals surface area contributed by atoms with Gasteiger partial charge in [0.15, 0.2) is 12.7 Å². The third kappa shape index (κ3) is 5.58. The SMILES string of the molecule is CC1Oc2ccccc2N(CCC(=O)OCC(=O)NCc2ccc(-c3ccc(Cl)cc3)o2)C1=O. The average molecular weight is 483 g/mol. The summed E-state index contributed by atoms with van der Waals surface area (Å²) >= 11 is 5.90. The van der Waals surface area contributed by atoms with E-state index in [1.54, 1.807) is 49.4 Å². The Morgan fingerprint density at radius 3 is 2.65 bits per heavy atom. The maximum absolute atomic E-state index is 12.5. The molecule has 0 bridgehead atoms. The van der Waals surface area contributed by atoms with Crippen molar-refractivity contribution in [2.45, 2.75) is 26.0 Å². The van der Waals surface area contributed by atoms with Gasteiger partial charge in [-0.15, -0.1) is 0 Å². The summed E-state index contributed by atoms with van der Waals surface area (Å²) in [5, 5.41) is 3.28. The topological polar surface area (TPSA) is 98.1 Å².